The summed E-state index contributed by atoms with van der Waals surface area (Å²) in [5.74, 6) is 1.85. The normalized spacial score (nSPS) is 14.5. The predicted molar refractivity (Wildman–Crippen MR) is 88.1 cm³/mol. The lowest BCUT2D eigenvalue weighted by Crippen LogP contribution is -2.40. The number of benzene rings is 1. The van der Waals surface area contributed by atoms with Gasteiger partial charge in [-0.05, 0) is 19.4 Å². The van der Waals surface area contributed by atoms with Gasteiger partial charge >= 0.3 is 0 Å². The SMILES string of the molecule is Cc1c(CNC2=NCCCN2)oc2ccccc12.I. The molecule has 2 N–H and O–H groups in total. The molecule has 19 heavy (non-hydrogen) atoms. The average Bonchev–Trinajstić information content (AvgIpc) is 2.75. The maximum Gasteiger partial charge on any atom is 0.191 e. The van der Waals surface area contributed by atoms with Crippen LogP contribution in [0.2, 0.25) is 0 Å². The number of furan rings is 1. The highest BCUT2D eigenvalue weighted by molar-refractivity contribution is 14.0. The molecule has 0 radical (unpaired) electrons. The standard InChI is InChI=1S/C14H17N3O.HI/c1-10-11-5-2-3-6-12(11)18-13(10)9-17-14-15-7-4-8-16-14;/h2-3,5-6H,4,7-9H2,1H3,(H2,15,16,17);1H. The lowest BCUT2D eigenvalue weighted by Gasteiger charge is -2.15. The zero-order chi connectivity index (χ0) is 12.4. The number of nitrogens with one attached hydrogen (secondary N) is 2. The molecule has 1 aromatic heterocycles. The van der Waals surface area contributed by atoms with E-state index in [0.717, 1.165) is 36.8 Å². The van der Waals surface area contributed by atoms with Crippen LogP contribution >= 0.6 is 24.0 Å². The topological polar surface area (TPSA) is 49.6 Å². The van der Waals surface area contributed by atoms with Gasteiger partial charge in [0.05, 0.1) is 6.54 Å². The predicted octanol–water partition coefficient (Wildman–Crippen LogP) is 2.80. The van der Waals surface area contributed by atoms with Gasteiger partial charge in [0.25, 0.3) is 0 Å². The maximum absolute atomic E-state index is 5.84. The maximum atomic E-state index is 5.84. The summed E-state index contributed by atoms with van der Waals surface area (Å²) >= 11 is 0. The second kappa shape index (κ2) is 6.27. The summed E-state index contributed by atoms with van der Waals surface area (Å²) in [7, 11) is 0. The van der Waals surface area contributed by atoms with E-state index in [9.17, 15) is 0 Å². The number of nitrogens with zero attached hydrogens (tertiary/aromatic N) is 1. The molecule has 1 aliphatic rings. The second-order valence-corrected chi connectivity index (χ2v) is 4.51. The minimum atomic E-state index is 0. The molecule has 3 rings (SSSR count). The molecule has 0 unspecified atom stereocenters. The number of guanidine groups is 1. The number of rotatable bonds is 2. The number of hydrogen-bond acceptors (Lipinski definition) is 4. The third kappa shape index (κ3) is 3.02. The Balaban J connectivity index is 0.00000133. The van der Waals surface area contributed by atoms with E-state index < -0.39 is 0 Å². The smallest absolute Gasteiger partial charge is 0.191 e. The van der Waals surface area contributed by atoms with Gasteiger partial charge in [0.2, 0.25) is 0 Å². The van der Waals surface area contributed by atoms with Crippen LogP contribution in [0.4, 0.5) is 0 Å². The van der Waals surface area contributed by atoms with Crippen molar-refractivity contribution in [1.29, 1.82) is 0 Å². The average molecular weight is 371 g/mol. The van der Waals surface area contributed by atoms with E-state index in [2.05, 4.69) is 28.6 Å². The Kier molecular flexibility index (Phi) is 4.68. The van der Waals surface area contributed by atoms with Crippen LogP contribution < -0.4 is 10.6 Å². The quantitative estimate of drug-likeness (QED) is 0.799. The molecule has 0 saturated heterocycles. The van der Waals surface area contributed by atoms with Gasteiger partial charge in [0.1, 0.15) is 11.3 Å². The Labute approximate surface area is 129 Å². The zero-order valence-electron chi connectivity index (χ0n) is 10.9. The van der Waals surface area contributed by atoms with Crippen LogP contribution in [-0.4, -0.2) is 19.0 Å². The molecule has 0 aliphatic carbocycles. The van der Waals surface area contributed by atoms with Gasteiger partial charge in [-0.25, -0.2) is 0 Å². The molecule has 5 heteroatoms. The molecule has 0 saturated carbocycles. The molecule has 2 heterocycles. The summed E-state index contributed by atoms with van der Waals surface area (Å²) in [6.07, 6.45) is 1.11. The third-order valence-electron chi connectivity index (χ3n) is 3.26. The van der Waals surface area contributed by atoms with Crippen molar-refractivity contribution >= 4 is 40.9 Å². The monoisotopic (exact) mass is 371 g/mol. The lowest BCUT2D eigenvalue weighted by atomic mass is 10.1. The first-order chi connectivity index (χ1) is 8.84. The van der Waals surface area contributed by atoms with Crippen LogP contribution in [0.25, 0.3) is 11.0 Å². The first kappa shape index (κ1) is 14.2. The van der Waals surface area contributed by atoms with E-state index in [0.29, 0.717) is 6.54 Å². The van der Waals surface area contributed by atoms with Crippen molar-refractivity contribution in [2.24, 2.45) is 4.99 Å². The van der Waals surface area contributed by atoms with Gasteiger partial charge in [0.15, 0.2) is 5.96 Å². The fourth-order valence-corrected chi connectivity index (χ4v) is 2.21. The van der Waals surface area contributed by atoms with Crippen molar-refractivity contribution in [3.8, 4) is 0 Å². The molecular weight excluding hydrogens is 353 g/mol. The first-order valence-corrected chi connectivity index (χ1v) is 6.34. The summed E-state index contributed by atoms with van der Waals surface area (Å²) < 4.78 is 5.84. The molecular formula is C14H18IN3O. The van der Waals surface area contributed by atoms with Gasteiger partial charge in [0, 0.05) is 24.0 Å². The summed E-state index contributed by atoms with van der Waals surface area (Å²) in [5.41, 5.74) is 2.15. The molecule has 1 aliphatic heterocycles. The fourth-order valence-electron chi connectivity index (χ4n) is 2.21. The number of fused-ring (bicyclic) bond motifs is 1. The zero-order valence-corrected chi connectivity index (χ0v) is 13.2. The molecule has 2 aromatic rings. The first-order valence-electron chi connectivity index (χ1n) is 6.34. The number of aliphatic imine (C=N–C) groups is 1. The van der Waals surface area contributed by atoms with Crippen molar-refractivity contribution in [3.05, 3.63) is 35.6 Å². The molecule has 0 fully saturated rings. The Bertz CT molecular complexity index is 591. The molecule has 4 nitrogen and oxygen atoms in total. The number of para-hydroxylation sites is 1. The van der Waals surface area contributed by atoms with Crippen LogP contribution in [0.15, 0.2) is 33.7 Å². The summed E-state index contributed by atoms with van der Waals surface area (Å²) in [4.78, 5) is 4.38. The van der Waals surface area contributed by atoms with Crippen molar-refractivity contribution in [1.82, 2.24) is 10.6 Å². The summed E-state index contributed by atoms with van der Waals surface area (Å²) in [6, 6.07) is 8.13. The molecule has 0 amide bonds. The number of hydrogen-bond donors (Lipinski definition) is 2. The van der Waals surface area contributed by atoms with E-state index in [1.165, 1.54) is 10.9 Å². The Morgan fingerprint density at radius 2 is 2.21 bits per heavy atom. The number of aryl methyl sites for hydroxylation is 1. The Morgan fingerprint density at radius 3 is 2.95 bits per heavy atom. The third-order valence-corrected chi connectivity index (χ3v) is 3.26. The highest BCUT2D eigenvalue weighted by Gasteiger charge is 2.10. The van der Waals surface area contributed by atoms with Gasteiger partial charge in [-0.3, -0.25) is 4.99 Å². The lowest BCUT2D eigenvalue weighted by molar-refractivity contribution is 0.533. The second-order valence-electron chi connectivity index (χ2n) is 4.51. The molecule has 0 atom stereocenters. The van der Waals surface area contributed by atoms with Crippen LogP contribution in [0.3, 0.4) is 0 Å². The van der Waals surface area contributed by atoms with Crippen LogP contribution in [-0.2, 0) is 6.54 Å². The largest absolute Gasteiger partial charge is 0.459 e. The number of halogens is 1. The highest BCUT2D eigenvalue weighted by Crippen LogP contribution is 2.24. The summed E-state index contributed by atoms with van der Waals surface area (Å²) in [6.45, 7) is 4.66. The fraction of sp³-hybridized carbons (Fsp3) is 0.357. The van der Waals surface area contributed by atoms with Crippen LogP contribution in [0, 0.1) is 6.92 Å². The van der Waals surface area contributed by atoms with E-state index in [1.807, 2.05) is 18.2 Å². The van der Waals surface area contributed by atoms with Crippen molar-refractivity contribution < 1.29 is 4.42 Å². The minimum Gasteiger partial charge on any atom is -0.459 e. The van der Waals surface area contributed by atoms with Gasteiger partial charge in [-0.2, -0.15) is 0 Å². The van der Waals surface area contributed by atoms with E-state index >= 15 is 0 Å². The van der Waals surface area contributed by atoms with Gasteiger partial charge < -0.3 is 15.1 Å². The van der Waals surface area contributed by atoms with Crippen LogP contribution in [0.5, 0.6) is 0 Å². The molecule has 1 aromatic carbocycles. The van der Waals surface area contributed by atoms with E-state index in [4.69, 9.17) is 4.42 Å². The highest BCUT2D eigenvalue weighted by atomic mass is 127. The summed E-state index contributed by atoms with van der Waals surface area (Å²) in [5, 5.41) is 7.71. The molecule has 0 spiro atoms. The van der Waals surface area contributed by atoms with Crippen molar-refractivity contribution in [2.75, 3.05) is 13.1 Å². The van der Waals surface area contributed by atoms with Crippen LogP contribution in [0.1, 0.15) is 17.7 Å². The van der Waals surface area contributed by atoms with Crippen molar-refractivity contribution in [3.63, 3.8) is 0 Å². The Morgan fingerprint density at radius 1 is 1.37 bits per heavy atom. The minimum absolute atomic E-state index is 0. The molecule has 0 bridgehead atoms. The molecule has 102 valence electrons. The Hall–Kier alpha value is -1.24. The van der Waals surface area contributed by atoms with E-state index in [1.54, 1.807) is 0 Å². The van der Waals surface area contributed by atoms with Gasteiger partial charge in [-0.15, -0.1) is 24.0 Å². The van der Waals surface area contributed by atoms with Gasteiger partial charge in [-0.1, -0.05) is 18.2 Å². The van der Waals surface area contributed by atoms with E-state index in [-0.39, 0.29) is 24.0 Å². The van der Waals surface area contributed by atoms with Crippen molar-refractivity contribution in [2.45, 2.75) is 19.9 Å².